The first-order valence-corrected chi connectivity index (χ1v) is 10.9. The maximum Gasteiger partial charge on any atom is 0.206 e. The summed E-state index contributed by atoms with van der Waals surface area (Å²) in [6, 6.07) is 14.9. The number of anilines is 1. The zero-order valence-electron chi connectivity index (χ0n) is 15.4. The maximum atomic E-state index is 13.0. The molecule has 26 heavy (non-hydrogen) atoms. The predicted molar refractivity (Wildman–Crippen MR) is 105 cm³/mol. The fourth-order valence-corrected chi connectivity index (χ4v) is 5.83. The van der Waals surface area contributed by atoms with Crippen LogP contribution in [0.25, 0.3) is 0 Å². The van der Waals surface area contributed by atoms with Gasteiger partial charge in [0, 0.05) is 31.2 Å². The molecule has 1 saturated heterocycles. The summed E-state index contributed by atoms with van der Waals surface area (Å²) in [5.74, 6) is 0.414. The second-order valence-electron chi connectivity index (χ2n) is 7.33. The van der Waals surface area contributed by atoms with Gasteiger partial charge in [0.25, 0.3) is 0 Å². The number of hydrogen-bond donors (Lipinski definition) is 0. The maximum absolute atomic E-state index is 13.0. The Morgan fingerprint density at radius 1 is 1.00 bits per heavy atom. The summed E-state index contributed by atoms with van der Waals surface area (Å²) in [5.41, 5.74) is 2.39. The van der Waals surface area contributed by atoms with Gasteiger partial charge in [0.05, 0.1) is 9.79 Å². The van der Waals surface area contributed by atoms with Crippen molar-refractivity contribution in [3.05, 3.63) is 54.1 Å². The van der Waals surface area contributed by atoms with Crippen molar-refractivity contribution in [2.45, 2.75) is 41.5 Å². The first-order valence-electron chi connectivity index (χ1n) is 9.41. The largest absolute Gasteiger partial charge is 0.371 e. The third-order valence-corrected chi connectivity index (χ3v) is 7.82. The normalized spacial score (nSPS) is 23.4. The number of likely N-dealkylation sites (N-methyl/N-ethyl adjacent to an activating group) is 1. The highest BCUT2D eigenvalue weighted by Gasteiger charge is 2.38. The first-order chi connectivity index (χ1) is 12.5. The topological polar surface area (TPSA) is 40.6 Å². The van der Waals surface area contributed by atoms with Crippen LogP contribution in [0.3, 0.4) is 0 Å². The lowest BCUT2D eigenvalue weighted by atomic mass is 9.91. The van der Waals surface area contributed by atoms with Gasteiger partial charge in [0.2, 0.25) is 9.84 Å². The van der Waals surface area contributed by atoms with Gasteiger partial charge in [0.15, 0.2) is 0 Å². The summed E-state index contributed by atoms with van der Waals surface area (Å²) in [6.07, 6.45) is 2.22. The number of sulfone groups is 1. The molecule has 5 heteroatoms. The van der Waals surface area contributed by atoms with Crippen LogP contribution in [0.5, 0.6) is 0 Å². The van der Waals surface area contributed by atoms with Crippen LogP contribution in [0.2, 0.25) is 0 Å². The van der Waals surface area contributed by atoms with E-state index in [1.807, 2.05) is 18.2 Å². The van der Waals surface area contributed by atoms with Crippen molar-refractivity contribution in [2.24, 2.45) is 0 Å². The molecule has 2 aromatic carbocycles. The molecule has 0 aromatic heterocycles. The number of rotatable bonds is 3. The summed E-state index contributed by atoms with van der Waals surface area (Å²) >= 11 is 0. The lowest BCUT2D eigenvalue weighted by molar-refractivity contribution is 0.298. The average molecular weight is 371 g/mol. The van der Waals surface area contributed by atoms with Crippen LogP contribution in [0.1, 0.15) is 31.2 Å². The zero-order chi connectivity index (χ0) is 18.3. The Labute approximate surface area is 156 Å². The van der Waals surface area contributed by atoms with Crippen LogP contribution < -0.4 is 4.90 Å². The fourth-order valence-electron chi connectivity index (χ4n) is 4.52. The Morgan fingerprint density at radius 2 is 1.73 bits per heavy atom. The van der Waals surface area contributed by atoms with Crippen molar-refractivity contribution in [1.82, 2.24) is 4.90 Å². The SMILES string of the molecule is CCN1CC[C@@H]2c3cc(S(=O)(=O)c4ccccc4)ccc3N(C)[C@H]2CC1. The Hall–Kier alpha value is -1.85. The van der Waals surface area contributed by atoms with E-state index in [1.54, 1.807) is 30.3 Å². The Balaban J connectivity index is 1.73. The molecule has 0 aliphatic carbocycles. The van der Waals surface area contributed by atoms with Crippen molar-refractivity contribution in [3.63, 3.8) is 0 Å². The van der Waals surface area contributed by atoms with Gasteiger partial charge in [-0.25, -0.2) is 8.42 Å². The molecule has 2 aliphatic rings. The van der Waals surface area contributed by atoms with Gasteiger partial charge in [0.1, 0.15) is 0 Å². The number of nitrogens with zero attached hydrogens (tertiary/aromatic N) is 2. The molecule has 4 nitrogen and oxygen atoms in total. The van der Waals surface area contributed by atoms with Crippen molar-refractivity contribution in [2.75, 3.05) is 31.6 Å². The number of likely N-dealkylation sites (tertiary alicyclic amines) is 1. The van der Waals surface area contributed by atoms with Gasteiger partial charge >= 0.3 is 0 Å². The van der Waals surface area contributed by atoms with Gasteiger partial charge in [-0.1, -0.05) is 25.1 Å². The molecule has 2 heterocycles. The van der Waals surface area contributed by atoms with Crippen molar-refractivity contribution in [3.8, 4) is 0 Å². The minimum atomic E-state index is -3.47. The molecule has 0 unspecified atom stereocenters. The monoisotopic (exact) mass is 370 g/mol. The van der Waals surface area contributed by atoms with E-state index >= 15 is 0 Å². The third-order valence-electron chi connectivity index (χ3n) is 6.05. The van der Waals surface area contributed by atoms with Gasteiger partial charge in [-0.05, 0) is 61.8 Å². The lowest BCUT2D eigenvalue weighted by Crippen LogP contribution is -2.31. The second-order valence-corrected chi connectivity index (χ2v) is 9.28. The Kier molecular flexibility index (Phi) is 4.53. The van der Waals surface area contributed by atoms with Gasteiger partial charge in [-0.15, -0.1) is 0 Å². The minimum Gasteiger partial charge on any atom is -0.371 e. The van der Waals surface area contributed by atoms with E-state index in [0.717, 1.165) is 32.5 Å². The first kappa shape index (κ1) is 17.6. The number of hydrogen-bond acceptors (Lipinski definition) is 4. The molecular weight excluding hydrogens is 344 g/mol. The van der Waals surface area contributed by atoms with Crippen LogP contribution in [0.4, 0.5) is 5.69 Å². The molecule has 0 bridgehead atoms. The summed E-state index contributed by atoms with van der Waals surface area (Å²) in [6.45, 7) is 5.49. The van der Waals surface area contributed by atoms with Gasteiger partial charge < -0.3 is 9.80 Å². The molecule has 4 rings (SSSR count). The smallest absolute Gasteiger partial charge is 0.206 e. The van der Waals surface area contributed by atoms with Crippen molar-refractivity contribution >= 4 is 15.5 Å². The number of fused-ring (bicyclic) bond motifs is 3. The summed E-state index contributed by atoms with van der Waals surface area (Å²) in [5, 5.41) is 0. The molecule has 2 aromatic rings. The molecule has 2 atom stereocenters. The van der Waals surface area contributed by atoms with Crippen LogP contribution >= 0.6 is 0 Å². The average Bonchev–Trinajstić information content (AvgIpc) is 2.82. The van der Waals surface area contributed by atoms with Gasteiger partial charge in [-0.2, -0.15) is 0 Å². The minimum absolute atomic E-state index is 0.362. The predicted octanol–water partition coefficient (Wildman–Crippen LogP) is 3.54. The number of benzene rings is 2. The molecule has 0 amide bonds. The van der Waals surface area contributed by atoms with E-state index in [9.17, 15) is 8.42 Å². The molecule has 0 spiro atoms. The second kappa shape index (κ2) is 6.71. The molecule has 2 aliphatic heterocycles. The van der Waals surface area contributed by atoms with Crippen LogP contribution in [-0.2, 0) is 9.84 Å². The fraction of sp³-hybridized carbons (Fsp3) is 0.429. The van der Waals surface area contributed by atoms with Crippen LogP contribution in [0, 0.1) is 0 Å². The summed E-state index contributed by atoms with van der Waals surface area (Å²) in [4.78, 5) is 5.63. The van der Waals surface area contributed by atoms with E-state index in [0.29, 0.717) is 21.8 Å². The molecule has 0 radical (unpaired) electrons. The van der Waals surface area contributed by atoms with E-state index < -0.39 is 9.84 Å². The van der Waals surface area contributed by atoms with E-state index in [2.05, 4.69) is 23.8 Å². The molecule has 0 N–H and O–H groups in total. The van der Waals surface area contributed by atoms with E-state index in [1.165, 1.54) is 11.3 Å². The Morgan fingerprint density at radius 3 is 2.46 bits per heavy atom. The van der Waals surface area contributed by atoms with Crippen LogP contribution in [-0.4, -0.2) is 46.0 Å². The van der Waals surface area contributed by atoms with E-state index in [-0.39, 0.29) is 0 Å². The quantitative estimate of drug-likeness (QED) is 0.829. The molecule has 0 saturated carbocycles. The molecular formula is C21H26N2O2S. The lowest BCUT2D eigenvalue weighted by Gasteiger charge is -2.25. The molecule has 1 fully saturated rings. The third kappa shape index (κ3) is 2.83. The van der Waals surface area contributed by atoms with E-state index in [4.69, 9.17) is 0 Å². The van der Waals surface area contributed by atoms with Crippen LogP contribution in [0.15, 0.2) is 58.3 Å². The molecule has 138 valence electrons. The zero-order valence-corrected chi connectivity index (χ0v) is 16.2. The standard InChI is InChI=1S/C21H26N2O2S/c1-3-23-13-11-18-19-15-17(26(24,25)16-7-5-4-6-8-16)9-10-20(19)22(2)21(18)12-14-23/h4-10,15,18,21H,3,11-14H2,1-2H3/t18-,21+/m1/s1. The van der Waals surface area contributed by atoms with Crippen molar-refractivity contribution < 1.29 is 8.42 Å². The van der Waals surface area contributed by atoms with Gasteiger partial charge in [-0.3, -0.25) is 0 Å². The highest BCUT2D eigenvalue weighted by Crippen LogP contribution is 2.45. The van der Waals surface area contributed by atoms with Crippen molar-refractivity contribution in [1.29, 1.82) is 0 Å². The highest BCUT2D eigenvalue weighted by atomic mass is 32.2. The summed E-state index contributed by atoms with van der Waals surface area (Å²) < 4.78 is 26.0. The summed E-state index contributed by atoms with van der Waals surface area (Å²) in [7, 11) is -1.32. The Bertz CT molecular complexity index is 895. The highest BCUT2D eigenvalue weighted by molar-refractivity contribution is 7.91.